The molecular weight excluding hydrogens is 162 g/mol. The van der Waals surface area contributed by atoms with Crippen molar-refractivity contribution in [2.75, 3.05) is 20.1 Å². The molecular formula is C11H25NO. The van der Waals surface area contributed by atoms with E-state index in [-0.39, 0.29) is 6.10 Å². The van der Waals surface area contributed by atoms with Gasteiger partial charge in [0, 0.05) is 6.54 Å². The maximum atomic E-state index is 9.54. The van der Waals surface area contributed by atoms with Crippen molar-refractivity contribution in [2.24, 2.45) is 5.92 Å². The van der Waals surface area contributed by atoms with Gasteiger partial charge >= 0.3 is 0 Å². The standard InChI is InChI=1S/C11H25NO/c1-5-6-11(13)9-12(4)8-7-10(2)3/h10-11,13H,5-9H2,1-4H3. The maximum absolute atomic E-state index is 9.54. The molecule has 0 aromatic carbocycles. The average molecular weight is 187 g/mol. The van der Waals surface area contributed by atoms with Gasteiger partial charge in [-0.2, -0.15) is 0 Å². The highest BCUT2D eigenvalue weighted by atomic mass is 16.3. The number of rotatable bonds is 7. The second kappa shape index (κ2) is 7.34. The molecule has 0 saturated carbocycles. The summed E-state index contributed by atoms with van der Waals surface area (Å²) in [5.74, 6) is 0.755. The van der Waals surface area contributed by atoms with E-state index < -0.39 is 0 Å². The van der Waals surface area contributed by atoms with Crippen molar-refractivity contribution in [1.82, 2.24) is 4.90 Å². The fourth-order valence-electron chi connectivity index (χ4n) is 1.35. The van der Waals surface area contributed by atoms with E-state index in [0.717, 1.165) is 31.8 Å². The van der Waals surface area contributed by atoms with Gasteiger partial charge in [0.05, 0.1) is 6.10 Å². The summed E-state index contributed by atoms with van der Waals surface area (Å²) in [6, 6.07) is 0. The van der Waals surface area contributed by atoms with Crippen LogP contribution >= 0.6 is 0 Å². The fraction of sp³-hybridized carbons (Fsp3) is 1.00. The van der Waals surface area contributed by atoms with Crippen molar-refractivity contribution >= 4 is 0 Å². The van der Waals surface area contributed by atoms with Gasteiger partial charge in [-0.15, -0.1) is 0 Å². The lowest BCUT2D eigenvalue weighted by atomic mass is 10.1. The largest absolute Gasteiger partial charge is 0.392 e. The van der Waals surface area contributed by atoms with Crippen LogP contribution in [-0.4, -0.2) is 36.2 Å². The Kier molecular flexibility index (Phi) is 7.29. The van der Waals surface area contributed by atoms with Crippen LogP contribution < -0.4 is 0 Å². The Morgan fingerprint density at radius 2 is 1.85 bits per heavy atom. The van der Waals surface area contributed by atoms with Gasteiger partial charge in [0.1, 0.15) is 0 Å². The van der Waals surface area contributed by atoms with Crippen LogP contribution in [0.2, 0.25) is 0 Å². The third kappa shape index (κ3) is 8.26. The van der Waals surface area contributed by atoms with E-state index in [1.165, 1.54) is 6.42 Å². The molecule has 0 radical (unpaired) electrons. The number of hydrogen-bond acceptors (Lipinski definition) is 2. The Balaban J connectivity index is 3.43. The zero-order chi connectivity index (χ0) is 10.3. The summed E-state index contributed by atoms with van der Waals surface area (Å²) in [4.78, 5) is 2.22. The minimum Gasteiger partial charge on any atom is -0.392 e. The molecule has 0 aliphatic rings. The molecule has 0 rings (SSSR count). The van der Waals surface area contributed by atoms with Gasteiger partial charge in [0.15, 0.2) is 0 Å². The van der Waals surface area contributed by atoms with Crippen LogP contribution in [0, 0.1) is 5.92 Å². The first kappa shape index (κ1) is 12.9. The van der Waals surface area contributed by atoms with Crippen molar-refractivity contribution < 1.29 is 5.11 Å². The van der Waals surface area contributed by atoms with Crippen LogP contribution in [0.1, 0.15) is 40.0 Å². The molecule has 2 heteroatoms. The molecule has 1 atom stereocenters. The van der Waals surface area contributed by atoms with Gasteiger partial charge in [-0.3, -0.25) is 0 Å². The van der Waals surface area contributed by atoms with E-state index in [0.29, 0.717) is 0 Å². The molecule has 0 aliphatic heterocycles. The zero-order valence-electron chi connectivity index (χ0n) is 9.58. The summed E-state index contributed by atoms with van der Waals surface area (Å²) >= 11 is 0. The quantitative estimate of drug-likeness (QED) is 0.660. The highest BCUT2D eigenvalue weighted by Gasteiger charge is 2.07. The summed E-state index contributed by atoms with van der Waals surface area (Å²) in [5, 5.41) is 9.54. The molecule has 0 aromatic heterocycles. The Hall–Kier alpha value is -0.0800. The molecule has 0 heterocycles. The summed E-state index contributed by atoms with van der Waals surface area (Å²) in [7, 11) is 2.08. The topological polar surface area (TPSA) is 23.5 Å². The lowest BCUT2D eigenvalue weighted by Gasteiger charge is -2.20. The number of likely N-dealkylation sites (N-methyl/N-ethyl adjacent to an activating group) is 1. The fourth-order valence-corrected chi connectivity index (χ4v) is 1.35. The lowest BCUT2D eigenvalue weighted by molar-refractivity contribution is 0.115. The molecule has 0 aliphatic carbocycles. The zero-order valence-corrected chi connectivity index (χ0v) is 9.58. The molecule has 0 amide bonds. The molecule has 80 valence electrons. The second-order valence-electron chi connectivity index (χ2n) is 4.39. The number of nitrogens with zero attached hydrogens (tertiary/aromatic N) is 1. The van der Waals surface area contributed by atoms with Gasteiger partial charge in [0.25, 0.3) is 0 Å². The Morgan fingerprint density at radius 3 is 2.31 bits per heavy atom. The minimum absolute atomic E-state index is 0.137. The van der Waals surface area contributed by atoms with Crippen LogP contribution in [0.4, 0.5) is 0 Å². The van der Waals surface area contributed by atoms with Crippen LogP contribution in [0.15, 0.2) is 0 Å². The van der Waals surface area contributed by atoms with Gasteiger partial charge in [-0.25, -0.2) is 0 Å². The number of hydrogen-bond donors (Lipinski definition) is 1. The first-order valence-electron chi connectivity index (χ1n) is 5.42. The van der Waals surface area contributed by atoms with Crippen LogP contribution in [0.5, 0.6) is 0 Å². The Labute approximate surface area is 82.9 Å². The monoisotopic (exact) mass is 187 g/mol. The normalized spacial score (nSPS) is 14.1. The van der Waals surface area contributed by atoms with E-state index in [1.54, 1.807) is 0 Å². The van der Waals surface area contributed by atoms with E-state index >= 15 is 0 Å². The molecule has 0 fully saturated rings. The highest BCUT2D eigenvalue weighted by molar-refractivity contribution is 4.61. The van der Waals surface area contributed by atoms with Gasteiger partial charge in [-0.1, -0.05) is 27.2 Å². The summed E-state index contributed by atoms with van der Waals surface area (Å²) in [5.41, 5.74) is 0. The van der Waals surface area contributed by atoms with Crippen molar-refractivity contribution in [1.29, 1.82) is 0 Å². The van der Waals surface area contributed by atoms with Gasteiger partial charge in [-0.05, 0) is 32.4 Å². The molecule has 2 nitrogen and oxygen atoms in total. The van der Waals surface area contributed by atoms with Crippen molar-refractivity contribution in [2.45, 2.75) is 46.1 Å². The third-order valence-corrected chi connectivity index (χ3v) is 2.23. The van der Waals surface area contributed by atoms with Gasteiger partial charge < -0.3 is 10.0 Å². The lowest BCUT2D eigenvalue weighted by Crippen LogP contribution is -2.30. The smallest absolute Gasteiger partial charge is 0.0666 e. The third-order valence-electron chi connectivity index (χ3n) is 2.23. The minimum atomic E-state index is -0.137. The molecule has 0 aromatic rings. The van der Waals surface area contributed by atoms with E-state index in [9.17, 15) is 5.11 Å². The van der Waals surface area contributed by atoms with E-state index in [4.69, 9.17) is 0 Å². The molecule has 0 bridgehead atoms. The summed E-state index contributed by atoms with van der Waals surface area (Å²) < 4.78 is 0. The number of aliphatic hydroxyl groups is 1. The van der Waals surface area contributed by atoms with Crippen LogP contribution in [-0.2, 0) is 0 Å². The van der Waals surface area contributed by atoms with E-state index in [2.05, 4.69) is 32.7 Å². The summed E-state index contributed by atoms with van der Waals surface area (Å²) in [6.45, 7) is 8.49. The molecule has 1 unspecified atom stereocenters. The van der Waals surface area contributed by atoms with Gasteiger partial charge in [0.2, 0.25) is 0 Å². The predicted molar refractivity (Wildman–Crippen MR) is 57.9 cm³/mol. The Morgan fingerprint density at radius 1 is 1.23 bits per heavy atom. The maximum Gasteiger partial charge on any atom is 0.0666 e. The SMILES string of the molecule is CCCC(O)CN(C)CCC(C)C. The summed E-state index contributed by atoms with van der Waals surface area (Å²) in [6.07, 6.45) is 3.07. The second-order valence-corrected chi connectivity index (χ2v) is 4.39. The first-order chi connectivity index (χ1) is 6.06. The van der Waals surface area contributed by atoms with Crippen molar-refractivity contribution in [3.05, 3.63) is 0 Å². The highest BCUT2D eigenvalue weighted by Crippen LogP contribution is 2.03. The van der Waals surface area contributed by atoms with Crippen LogP contribution in [0.3, 0.4) is 0 Å². The molecule has 1 N–H and O–H groups in total. The molecule has 0 saturated heterocycles. The Bertz CT molecular complexity index is 115. The van der Waals surface area contributed by atoms with E-state index in [1.807, 2.05) is 0 Å². The van der Waals surface area contributed by atoms with Crippen LogP contribution in [0.25, 0.3) is 0 Å². The first-order valence-corrected chi connectivity index (χ1v) is 5.42. The average Bonchev–Trinajstić information content (AvgIpc) is 2.01. The van der Waals surface area contributed by atoms with Crippen molar-refractivity contribution in [3.8, 4) is 0 Å². The predicted octanol–water partition coefficient (Wildman–Crippen LogP) is 2.13. The molecule has 0 spiro atoms. The molecule has 13 heavy (non-hydrogen) atoms. The number of aliphatic hydroxyl groups excluding tert-OH is 1. The van der Waals surface area contributed by atoms with Crippen molar-refractivity contribution in [3.63, 3.8) is 0 Å².